The molecule has 0 aliphatic heterocycles. The topological polar surface area (TPSA) is 24.9 Å². The Morgan fingerprint density at radius 2 is 2.00 bits per heavy atom. The maximum atomic E-state index is 4.75. The van der Waals surface area contributed by atoms with Crippen molar-refractivity contribution in [3.05, 3.63) is 36.4 Å². The van der Waals surface area contributed by atoms with Gasteiger partial charge in [0.05, 0.1) is 14.5 Å². The molecule has 2 heterocycles. The first-order valence-electron chi connectivity index (χ1n) is 7.23. The molecule has 0 aliphatic carbocycles. The van der Waals surface area contributed by atoms with Gasteiger partial charge in [0.25, 0.3) is 0 Å². The number of nitrogens with zero attached hydrogens (tertiary/aromatic N) is 1. The maximum Gasteiger partial charge on any atom is 0.0985 e. The lowest BCUT2D eigenvalue weighted by atomic mass is 9.98. The Morgan fingerprint density at radius 3 is 2.52 bits per heavy atom. The zero-order valence-electron chi connectivity index (χ0n) is 13.3. The maximum absolute atomic E-state index is 4.75. The van der Waals surface area contributed by atoms with Crippen molar-refractivity contribution in [3.8, 4) is 0 Å². The number of nitrogens with one attached hydrogen (secondary N) is 1. The van der Waals surface area contributed by atoms with Crippen LogP contribution in [-0.4, -0.2) is 11.5 Å². The molecule has 1 N–H and O–H groups in total. The highest BCUT2D eigenvalue weighted by atomic mass is 79.9. The third kappa shape index (κ3) is 4.62. The van der Waals surface area contributed by atoms with Crippen LogP contribution in [-0.2, 0) is 11.8 Å². The van der Waals surface area contributed by atoms with Crippen LogP contribution in [0.1, 0.15) is 54.2 Å². The van der Waals surface area contributed by atoms with Crippen LogP contribution in [0, 0.1) is 6.92 Å². The van der Waals surface area contributed by atoms with Crippen LogP contribution >= 0.6 is 38.6 Å². The van der Waals surface area contributed by atoms with E-state index in [4.69, 9.17) is 4.98 Å². The summed E-state index contributed by atoms with van der Waals surface area (Å²) in [7, 11) is 0. The largest absolute Gasteiger partial charge is 0.309 e. The van der Waals surface area contributed by atoms with Gasteiger partial charge in [0.1, 0.15) is 0 Å². The molecule has 0 amide bonds. The summed E-state index contributed by atoms with van der Waals surface area (Å²) < 4.78 is 1.21. The Balaban J connectivity index is 1.94. The van der Waals surface area contributed by atoms with Gasteiger partial charge in [-0.15, -0.1) is 22.7 Å². The summed E-state index contributed by atoms with van der Waals surface area (Å²) in [6.07, 6.45) is 1.07. The van der Waals surface area contributed by atoms with Gasteiger partial charge in [0.2, 0.25) is 0 Å². The standard InChI is InChI=1S/C16H23BrN2S2/c1-10(18-9-8-12-6-7-13(17)20-12)14-11(2)19-15(21-14)16(3,4)5/h6-7,10,18H,8-9H2,1-5H3. The van der Waals surface area contributed by atoms with Crippen molar-refractivity contribution < 1.29 is 0 Å². The van der Waals surface area contributed by atoms with Crippen molar-refractivity contribution in [2.75, 3.05) is 6.54 Å². The number of halogens is 1. The molecule has 1 unspecified atom stereocenters. The number of hydrogen-bond donors (Lipinski definition) is 1. The molecule has 2 aromatic heterocycles. The summed E-state index contributed by atoms with van der Waals surface area (Å²) in [5.41, 5.74) is 1.31. The van der Waals surface area contributed by atoms with Gasteiger partial charge in [-0.3, -0.25) is 0 Å². The second-order valence-corrected chi connectivity index (χ2v) is 9.93. The highest BCUT2D eigenvalue weighted by Crippen LogP contribution is 2.32. The first kappa shape index (κ1) is 17.1. The van der Waals surface area contributed by atoms with E-state index in [0.29, 0.717) is 6.04 Å². The summed E-state index contributed by atoms with van der Waals surface area (Å²) in [6.45, 7) is 12.0. The van der Waals surface area contributed by atoms with Crippen LogP contribution in [0.3, 0.4) is 0 Å². The molecule has 0 spiro atoms. The van der Waals surface area contributed by atoms with Crippen molar-refractivity contribution in [2.45, 2.75) is 52.5 Å². The molecule has 1 atom stereocenters. The molecule has 0 aliphatic rings. The Kier molecular flexibility index (Phi) is 5.63. The fourth-order valence-electron chi connectivity index (χ4n) is 2.12. The van der Waals surface area contributed by atoms with Gasteiger partial charge >= 0.3 is 0 Å². The number of thiophene rings is 1. The van der Waals surface area contributed by atoms with E-state index in [0.717, 1.165) is 13.0 Å². The minimum Gasteiger partial charge on any atom is -0.309 e. The molecule has 0 saturated heterocycles. The van der Waals surface area contributed by atoms with Crippen molar-refractivity contribution >= 4 is 38.6 Å². The zero-order chi connectivity index (χ0) is 15.6. The molecule has 2 rings (SSSR count). The van der Waals surface area contributed by atoms with Crippen LogP contribution in [0.15, 0.2) is 15.9 Å². The molecule has 0 saturated carbocycles. The molecule has 0 radical (unpaired) electrons. The monoisotopic (exact) mass is 386 g/mol. The molecule has 0 fully saturated rings. The third-order valence-electron chi connectivity index (χ3n) is 3.32. The Morgan fingerprint density at radius 1 is 1.29 bits per heavy atom. The lowest BCUT2D eigenvalue weighted by Crippen LogP contribution is -2.20. The van der Waals surface area contributed by atoms with E-state index < -0.39 is 0 Å². The fourth-order valence-corrected chi connectivity index (χ4v) is 4.75. The first-order chi connectivity index (χ1) is 9.77. The highest BCUT2D eigenvalue weighted by molar-refractivity contribution is 9.11. The molecular formula is C16H23BrN2S2. The zero-order valence-corrected chi connectivity index (χ0v) is 16.5. The molecule has 21 heavy (non-hydrogen) atoms. The van der Waals surface area contributed by atoms with Gasteiger partial charge in [0, 0.05) is 27.8 Å². The van der Waals surface area contributed by atoms with Gasteiger partial charge in [-0.2, -0.15) is 0 Å². The van der Waals surface area contributed by atoms with E-state index in [2.05, 4.69) is 68.0 Å². The number of rotatable bonds is 5. The number of aromatic nitrogens is 1. The summed E-state index contributed by atoms with van der Waals surface area (Å²) in [5.74, 6) is 0. The average Bonchev–Trinajstić information content (AvgIpc) is 2.95. The van der Waals surface area contributed by atoms with E-state index in [1.165, 1.54) is 24.2 Å². The quantitative estimate of drug-likeness (QED) is 0.736. The molecule has 2 nitrogen and oxygen atoms in total. The second kappa shape index (κ2) is 6.90. The van der Waals surface area contributed by atoms with Gasteiger partial charge in [0.15, 0.2) is 0 Å². The van der Waals surface area contributed by atoms with Crippen molar-refractivity contribution in [2.24, 2.45) is 0 Å². The van der Waals surface area contributed by atoms with E-state index >= 15 is 0 Å². The Labute approximate surface area is 144 Å². The predicted octanol–water partition coefficient (Wildman–Crippen LogP) is 5.47. The van der Waals surface area contributed by atoms with Crippen LogP contribution < -0.4 is 5.32 Å². The first-order valence-corrected chi connectivity index (χ1v) is 9.65. The number of aryl methyl sites for hydroxylation is 1. The van der Waals surface area contributed by atoms with E-state index in [9.17, 15) is 0 Å². The average molecular weight is 387 g/mol. The van der Waals surface area contributed by atoms with Crippen molar-refractivity contribution in [1.82, 2.24) is 10.3 Å². The smallest absolute Gasteiger partial charge is 0.0985 e. The fraction of sp³-hybridized carbons (Fsp3) is 0.562. The normalized spacial score (nSPS) is 13.6. The van der Waals surface area contributed by atoms with E-state index in [1.54, 1.807) is 0 Å². The predicted molar refractivity (Wildman–Crippen MR) is 97.7 cm³/mol. The summed E-state index contributed by atoms with van der Waals surface area (Å²) in [4.78, 5) is 7.53. The molecule has 2 aromatic rings. The molecule has 116 valence electrons. The summed E-state index contributed by atoms with van der Waals surface area (Å²) in [6, 6.07) is 4.67. The number of thiazole rings is 1. The Hall–Kier alpha value is -0.230. The number of hydrogen-bond acceptors (Lipinski definition) is 4. The molecule has 0 aromatic carbocycles. The molecule has 5 heteroatoms. The van der Waals surface area contributed by atoms with Crippen LogP contribution in [0.25, 0.3) is 0 Å². The van der Waals surface area contributed by atoms with Crippen molar-refractivity contribution in [3.63, 3.8) is 0 Å². The summed E-state index contributed by atoms with van der Waals surface area (Å²) in [5, 5.41) is 4.85. The van der Waals surface area contributed by atoms with Crippen molar-refractivity contribution in [1.29, 1.82) is 0 Å². The second-order valence-electron chi connectivity index (χ2n) is 6.35. The summed E-state index contributed by atoms with van der Waals surface area (Å²) >= 11 is 7.17. The van der Waals surface area contributed by atoms with Gasteiger partial charge in [-0.05, 0) is 48.3 Å². The molecular weight excluding hydrogens is 364 g/mol. The molecule has 0 bridgehead atoms. The van der Waals surface area contributed by atoms with E-state index in [1.807, 2.05) is 22.7 Å². The van der Waals surface area contributed by atoms with Gasteiger partial charge in [-0.25, -0.2) is 4.98 Å². The SMILES string of the molecule is Cc1nc(C(C)(C)C)sc1C(C)NCCc1ccc(Br)s1. The van der Waals surface area contributed by atoms with Crippen LogP contribution in [0.4, 0.5) is 0 Å². The van der Waals surface area contributed by atoms with Gasteiger partial charge in [-0.1, -0.05) is 20.8 Å². The van der Waals surface area contributed by atoms with Crippen LogP contribution in [0.2, 0.25) is 0 Å². The minimum atomic E-state index is 0.136. The lowest BCUT2D eigenvalue weighted by molar-refractivity contribution is 0.579. The minimum absolute atomic E-state index is 0.136. The lowest BCUT2D eigenvalue weighted by Gasteiger charge is -2.14. The highest BCUT2D eigenvalue weighted by Gasteiger charge is 2.22. The van der Waals surface area contributed by atoms with E-state index in [-0.39, 0.29) is 5.41 Å². The third-order valence-corrected chi connectivity index (χ3v) is 6.77. The van der Waals surface area contributed by atoms with Crippen LogP contribution in [0.5, 0.6) is 0 Å². The Bertz CT molecular complexity index is 596. The van der Waals surface area contributed by atoms with Gasteiger partial charge < -0.3 is 5.32 Å².